The number of likely N-dealkylation sites (N-methyl/N-ethyl adjacent to an activating group) is 1. The van der Waals surface area contributed by atoms with Crippen LogP contribution in [0.1, 0.15) is 50.3 Å². The standard InChI is InChI=1S/C23H37N7OS/c1-3-4-9-24-23-26-15-20(21(28-23)27-17-5-7-18(31)8-6-17)22-25-14-19(32-22)16-30-12-10-29(2)11-13-30/h14-15,17-18,31H,3-13,16H2,1-2H3,(H2,24,26,27,28). The Morgan fingerprint density at radius 1 is 1.09 bits per heavy atom. The molecule has 2 aliphatic rings. The molecule has 0 aromatic carbocycles. The number of rotatable bonds is 9. The lowest BCUT2D eigenvalue weighted by Crippen LogP contribution is -2.43. The van der Waals surface area contributed by atoms with Crippen LogP contribution in [0.5, 0.6) is 0 Å². The first kappa shape index (κ1) is 23.4. The highest BCUT2D eigenvalue weighted by Crippen LogP contribution is 2.33. The van der Waals surface area contributed by atoms with Crippen LogP contribution in [0, 0.1) is 0 Å². The summed E-state index contributed by atoms with van der Waals surface area (Å²) in [6.07, 6.45) is 9.56. The summed E-state index contributed by atoms with van der Waals surface area (Å²) >= 11 is 1.74. The van der Waals surface area contributed by atoms with E-state index in [1.165, 1.54) is 4.88 Å². The molecule has 0 unspecified atom stereocenters. The van der Waals surface area contributed by atoms with Crippen molar-refractivity contribution in [2.45, 2.75) is 64.1 Å². The van der Waals surface area contributed by atoms with Crippen LogP contribution in [0.25, 0.3) is 10.6 Å². The number of anilines is 2. The summed E-state index contributed by atoms with van der Waals surface area (Å²) in [4.78, 5) is 20.3. The van der Waals surface area contributed by atoms with Gasteiger partial charge in [0.2, 0.25) is 5.95 Å². The molecule has 1 aliphatic carbocycles. The summed E-state index contributed by atoms with van der Waals surface area (Å²) in [5, 5.41) is 17.8. The molecule has 0 atom stereocenters. The largest absolute Gasteiger partial charge is 0.393 e. The lowest BCUT2D eigenvalue weighted by molar-refractivity contribution is 0.126. The van der Waals surface area contributed by atoms with Gasteiger partial charge in [-0.05, 0) is 39.2 Å². The fourth-order valence-electron chi connectivity index (χ4n) is 4.26. The second-order valence-corrected chi connectivity index (χ2v) is 10.2. The highest BCUT2D eigenvalue weighted by Gasteiger charge is 2.22. The lowest BCUT2D eigenvalue weighted by atomic mass is 9.93. The second-order valence-electron chi connectivity index (χ2n) is 9.10. The summed E-state index contributed by atoms with van der Waals surface area (Å²) in [5.41, 5.74) is 0.965. The van der Waals surface area contributed by atoms with Crippen molar-refractivity contribution in [2.24, 2.45) is 0 Å². The van der Waals surface area contributed by atoms with E-state index in [1.807, 2.05) is 12.4 Å². The van der Waals surface area contributed by atoms with Gasteiger partial charge < -0.3 is 20.6 Å². The molecule has 8 nitrogen and oxygen atoms in total. The summed E-state index contributed by atoms with van der Waals surface area (Å²) in [6.45, 7) is 8.45. The number of aliphatic hydroxyl groups is 1. The average molecular weight is 460 g/mol. The van der Waals surface area contributed by atoms with Gasteiger partial charge in [-0.3, -0.25) is 4.90 Å². The first-order chi connectivity index (χ1) is 15.6. The summed E-state index contributed by atoms with van der Waals surface area (Å²) < 4.78 is 0. The van der Waals surface area contributed by atoms with Gasteiger partial charge in [0.05, 0.1) is 11.7 Å². The van der Waals surface area contributed by atoms with Gasteiger partial charge in [0.15, 0.2) is 0 Å². The fourth-order valence-corrected chi connectivity index (χ4v) is 5.22. The molecule has 0 spiro atoms. The van der Waals surface area contributed by atoms with Crippen molar-refractivity contribution in [1.82, 2.24) is 24.8 Å². The van der Waals surface area contributed by atoms with Crippen molar-refractivity contribution < 1.29 is 5.11 Å². The lowest BCUT2D eigenvalue weighted by Gasteiger charge is -2.31. The predicted molar refractivity (Wildman–Crippen MR) is 131 cm³/mol. The van der Waals surface area contributed by atoms with Crippen LogP contribution in [-0.4, -0.2) is 81.8 Å². The van der Waals surface area contributed by atoms with Crippen molar-refractivity contribution in [3.05, 3.63) is 17.3 Å². The molecule has 0 amide bonds. The number of hydrogen-bond donors (Lipinski definition) is 3. The number of aliphatic hydroxyl groups excluding tert-OH is 1. The monoisotopic (exact) mass is 459 g/mol. The van der Waals surface area contributed by atoms with Gasteiger partial charge in [-0.2, -0.15) is 4.98 Å². The molecule has 2 aromatic heterocycles. The number of aromatic nitrogens is 3. The van der Waals surface area contributed by atoms with E-state index in [1.54, 1.807) is 11.3 Å². The van der Waals surface area contributed by atoms with Gasteiger partial charge in [-0.15, -0.1) is 11.3 Å². The van der Waals surface area contributed by atoms with E-state index >= 15 is 0 Å². The van der Waals surface area contributed by atoms with E-state index < -0.39 is 0 Å². The normalized spacial score (nSPS) is 22.7. The predicted octanol–water partition coefficient (Wildman–Crippen LogP) is 3.27. The quantitative estimate of drug-likeness (QED) is 0.493. The Labute approximate surface area is 195 Å². The number of nitrogens with one attached hydrogen (secondary N) is 2. The van der Waals surface area contributed by atoms with E-state index in [2.05, 4.69) is 39.4 Å². The van der Waals surface area contributed by atoms with E-state index in [-0.39, 0.29) is 6.10 Å². The Morgan fingerprint density at radius 2 is 1.88 bits per heavy atom. The maximum absolute atomic E-state index is 9.86. The number of piperazine rings is 1. The zero-order valence-electron chi connectivity index (χ0n) is 19.4. The van der Waals surface area contributed by atoms with Crippen molar-refractivity contribution in [1.29, 1.82) is 0 Å². The molecule has 0 bridgehead atoms. The molecule has 4 rings (SSSR count). The molecule has 3 heterocycles. The third kappa shape index (κ3) is 6.37. The smallest absolute Gasteiger partial charge is 0.224 e. The highest BCUT2D eigenvalue weighted by molar-refractivity contribution is 7.15. The average Bonchev–Trinajstić information content (AvgIpc) is 3.25. The molecule has 1 aliphatic heterocycles. The molecule has 176 valence electrons. The van der Waals surface area contributed by atoms with Gasteiger partial charge in [0.25, 0.3) is 0 Å². The van der Waals surface area contributed by atoms with Crippen molar-refractivity contribution in [3.63, 3.8) is 0 Å². The number of unbranched alkanes of at least 4 members (excludes halogenated alkanes) is 1. The van der Waals surface area contributed by atoms with Gasteiger partial charge >= 0.3 is 0 Å². The second kappa shape index (κ2) is 11.4. The van der Waals surface area contributed by atoms with Crippen LogP contribution in [0.15, 0.2) is 12.4 Å². The SMILES string of the molecule is CCCCNc1ncc(-c2ncc(CN3CCN(C)CC3)s2)c(NC2CCC(O)CC2)n1. The van der Waals surface area contributed by atoms with Crippen molar-refractivity contribution in [3.8, 4) is 10.6 Å². The molecule has 2 aromatic rings. The molecule has 2 fully saturated rings. The Bertz CT molecular complexity index is 845. The van der Waals surface area contributed by atoms with Crippen LogP contribution in [0.3, 0.4) is 0 Å². The summed E-state index contributed by atoms with van der Waals surface area (Å²) in [7, 11) is 2.18. The Kier molecular flexibility index (Phi) is 8.29. The van der Waals surface area contributed by atoms with E-state index in [0.29, 0.717) is 12.0 Å². The first-order valence-electron chi connectivity index (χ1n) is 12.0. The van der Waals surface area contributed by atoms with E-state index in [0.717, 1.165) is 94.2 Å². The molecule has 1 saturated heterocycles. The van der Waals surface area contributed by atoms with Gasteiger partial charge in [0, 0.05) is 62.6 Å². The molecule has 32 heavy (non-hydrogen) atoms. The minimum absolute atomic E-state index is 0.166. The fraction of sp³-hybridized carbons (Fsp3) is 0.696. The Hall–Kier alpha value is -1.81. The maximum atomic E-state index is 9.86. The minimum atomic E-state index is -0.166. The van der Waals surface area contributed by atoms with Crippen LogP contribution >= 0.6 is 11.3 Å². The Balaban J connectivity index is 1.49. The van der Waals surface area contributed by atoms with Crippen LogP contribution in [-0.2, 0) is 6.54 Å². The minimum Gasteiger partial charge on any atom is -0.393 e. The number of thiazole rings is 1. The molecule has 9 heteroatoms. The third-order valence-corrected chi connectivity index (χ3v) is 7.41. The van der Waals surface area contributed by atoms with Gasteiger partial charge in [-0.1, -0.05) is 13.3 Å². The Morgan fingerprint density at radius 3 is 2.62 bits per heavy atom. The molecular weight excluding hydrogens is 422 g/mol. The van der Waals surface area contributed by atoms with Crippen LogP contribution in [0.4, 0.5) is 11.8 Å². The van der Waals surface area contributed by atoms with E-state index in [4.69, 9.17) is 9.97 Å². The molecule has 1 saturated carbocycles. The summed E-state index contributed by atoms with van der Waals surface area (Å²) in [6, 6.07) is 0.320. The van der Waals surface area contributed by atoms with Gasteiger partial charge in [-0.25, -0.2) is 9.97 Å². The topological polar surface area (TPSA) is 89.4 Å². The van der Waals surface area contributed by atoms with Gasteiger partial charge in [0.1, 0.15) is 10.8 Å². The molecule has 0 radical (unpaired) electrons. The zero-order chi connectivity index (χ0) is 22.3. The number of nitrogens with zero attached hydrogens (tertiary/aromatic N) is 5. The highest BCUT2D eigenvalue weighted by atomic mass is 32.1. The van der Waals surface area contributed by atoms with Crippen LogP contribution < -0.4 is 10.6 Å². The van der Waals surface area contributed by atoms with Crippen molar-refractivity contribution >= 4 is 23.1 Å². The maximum Gasteiger partial charge on any atom is 0.224 e. The zero-order valence-corrected chi connectivity index (χ0v) is 20.2. The summed E-state index contributed by atoms with van der Waals surface area (Å²) in [5.74, 6) is 1.51. The number of hydrogen-bond acceptors (Lipinski definition) is 9. The molecule has 3 N–H and O–H groups in total. The van der Waals surface area contributed by atoms with Crippen LogP contribution in [0.2, 0.25) is 0 Å². The van der Waals surface area contributed by atoms with E-state index in [9.17, 15) is 5.11 Å². The molecular formula is C23H37N7OS. The first-order valence-corrected chi connectivity index (χ1v) is 12.8. The van der Waals surface area contributed by atoms with Crippen molar-refractivity contribution in [2.75, 3.05) is 50.4 Å². The third-order valence-electron chi connectivity index (χ3n) is 6.40.